The molecule has 0 aliphatic heterocycles. The van der Waals surface area contributed by atoms with Crippen molar-refractivity contribution in [2.75, 3.05) is 0 Å². The lowest BCUT2D eigenvalue weighted by atomic mass is 9.91. The monoisotopic (exact) mass is 592 g/mol. The van der Waals surface area contributed by atoms with Crippen LogP contribution in [0.25, 0.3) is 87.3 Å². The van der Waals surface area contributed by atoms with Gasteiger partial charge in [-0.15, -0.1) is 0 Å². The minimum Gasteiger partial charge on any atom is -0.307 e. The van der Waals surface area contributed by atoms with Crippen molar-refractivity contribution in [1.29, 1.82) is 0 Å². The Kier molecular flexibility index (Phi) is 4.68. The van der Waals surface area contributed by atoms with E-state index in [1.165, 1.54) is 0 Å². The third kappa shape index (κ3) is 2.91. The van der Waals surface area contributed by atoms with Gasteiger partial charge in [-0.2, -0.15) is 0 Å². The average molecular weight is 593 g/mol. The summed E-state index contributed by atoms with van der Waals surface area (Å²) in [6, 6.07) is 36.7. The third-order valence-corrected chi connectivity index (χ3v) is 9.56. The molecule has 0 atom stereocenters. The molecule has 10 aromatic rings. The van der Waals surface area contributed by atoms with E-state index < -0.39 is 0 Å². The summed E-state index contributed by atoms with van der Waals surface area (Å²) < 4.78 is 4.00. The first-order valence-electron chi connectivity index (χ1n) is 15.0. The van der Waals surface area contributed by atoms with Crippen molar-refractivity contribution >= 4 is 76.2 Å². The molecule has 214 valence electrons. The summed E-state index contributed by atoms with van der Waals surface area (Å²) in [5.74, 6) is 0. The van der Waals surface area contributed by atoms with Crippen molar-refractivity contribution in [2.45, 2.75) is 0 Å². The predicted molar refractivity (Wildman–Crippen MR) is 186 cm³/mol. The lowest BCUT2D eigenvalue weighted by molar-refractivity contribution is 1.29. The third-order valence-electron chi connectivity index (χ3n) is 9.56. The van der Waals surface area contributed by atoms with Crippen molar-refractivity contribution in [1.82, 2.24) is 8.80 Å². The first-order chi connectivity index (χ1) is 22.5. The Hall–Kier alpha value is -6.40. The summed E-state index contributed by atoms with van der Waals surface area (Å²) in [6.45, 7) is 0. The predicted octanol–water partition coefficient (Wildman–Crippen LogP) is 7.09. The van der Waals surface area contributed by atoms with Gasteiger partial charge in [0, 0.05) is 37.9 Å². The van der Waals surface area contributed by atoms with Gasteiger partial charge in [0.1, 0.15) is 0 Å². The molecule has 6 nitrogen and oxygen atoms in total. The van der Waals surface area contributed by atoms with Gasteiger partial charge in [-0.3, -0.25) is 19.2 Å². The standard InChI is InChI=1S/C40H20N2O4/c43-37-22-12-4-6-18-28(22)41-30-20-31-34(32(21-10-2-1-3-11-21)33(30)39(45)26-16-8-14-24(37)35(26)41)40(46)27-17-9-15-25-36(27)42(31)29-19-7-5-13-23(29)38(25)44/h1-20H. The van der Waals surface area contributed by atoms with E-state index in [1.807, 2.05) is 81.6 Å². The number of rotatable bonds is 1. The lowest BCUT2D eigenvalue weighted by Crippen LogP contribution is -2.18. The van der Waals surface area contributed by atoms with E-state index in [9.17, 15) is 19.2 Å². The average Bonchev–Trinajstić information content (AvgIpc) is 3.10. The first kappa shape index (κ1) is 25.0. The fraction of sp³-hybridized carbons (Fsp3) is 0. The smallest absolute Gasteiger partial charge is 0.197 e. The van der Waals surface area contributed by atoms with Crippen LogP contribution in [0, 0.1) is 0 Å². The number of hydrogen-bond donors (Lipinski definition) is 0. The number of para-hydroxylation sites is 4. The molecule has 4 aromatic heterocycles. The number of aromatic nitrogens is 2. The Balaban J connectivity index is 1.66. The second-order valence-electron chi connectivity index (χ2n) is 11.8. The molecule has 0 radical (unpaired) electrons. The molecule has 0 aliphatic carbocycles. The van der Waals surface area contributed by atoms with E-state index in [-0.39, 0.29) is 21.7 Å². The van der Waals surface area contributed by atoms with E-state index in [0.29, 0.717) is 81.8 Å². The molecule has 0 saturated carbocycles. The van der Waals surface area contributed by atoms with Gasteiger partial charge in [0.2, 0.25) is 0 Å². The maximum absolute atomic E-state index is 14.7. The van der Waals surface area contributed by atoms with E-state index in [4.69, 9.17) is 0 Å². The molecular weight excluding hydrogens is 572 g/mol. The summed E-state index contributed by atoms with van der Waals surface area (Å²) in [7, 11) is 0. The normalized spacial score (nSPS) is 12.3. The molecule has 10 rings (SSSR count). The van der Waals surface area contributed by atoms with Gasteiger partial charge in [-0.05, 0) is 60.2 Å². The summed E-state index contributed by atoms with van der Waals surface area (Å²) in [5.41, 5.74) is 4.03. The van der Waals surface area contributed by atoms with Crippen LogP contribution in [0.4, 0.5) is 0 Å². The highest BCUT2D eigenvalue weighted by Crippen LogP contribution is 2.38. The Morgan fingerprint density at radius 1 is 0.348 bits per heavy atom. The maximum Gasteiger partial charge on any atom is 0.197 e. The number of nitrogens with zero attached hydrogens (tertiary/aromatic N) is 2. The summed E-state index contributed by atoms with van der Waals surface area (Å²) >= 11 is 0. The summed E-state index contributed by atoms with van der Waals surface area (Å²) in [4.78, 5) is 57.0. The van der Waals surface area contributed by atoms with E-state index >= 15 is 0 Å². The fourth-order valence-corrected chi connectivity index (χ4v) is 7.68. The van der Waals surface area contributed by atoms with Gasteiger partial charge in [0.25, 0.3) is 0 Å². The Labute approximate surface area is 257 Å². The number of hydrogen-bond acceptors (Lipinski definition) is 4. The number of fused-ring (bicyclic) bond motifs is 8. The molecular formula is C40H20N2O4. The highest BCUT2D eigenvalue weighted by molar-refractivity contribution is 6.19. The van der Waals surface area contributed by atoms with Gasteiger partial charge in [0.15, 0.2) is 21.7 Å². The zero-order valence-corrected chi connectivity index (χ0v) is 24.1. The highest BCUT2D eigenvalue weighted by Gasteiger charge is 2.25. The maximum atomic E-state index is 14.7. The quantitative estimate of drug-likeness (QED) is 0.151. The second kappa shape index (κ2) is 8.61. The molecule has 0 bridgehead atoms. The second-order valence-corrected chi connectivity index (χ2v) is 11.8. The van der Waals surface area contributed by atoms with Crippen LogP contribution in [0.15, 0.2) is 141 Å². The fourth-order valence-electron chi connectivity index (χ4n) is 7.68. The van der Waals surface area contributed by atoms with Crippen molar-refractivity contribution < 1.29 is 0 Å². The zero-order valence-electron chi connectivity index (χ0n) is 24.1. The minimum atomic E-state index is -0.251. The van der Waals surface area contributed by atoms with Gasteiger partial charge < -0.3 is 8.80 Å². The zero-order chi connectivity index (χ0) is 30.8. The van der Waals surface area contributed by atoms with Crippen LogP contribution in [0.5, 0.6) is 0 Å². The van der Waals surface area contributed by atoms with Crippen LogP contribution in [0.1, 0.15) is 0 Å². The van der Waals surface area contributed by atoms with Gasteiger partial charge in [-0.1, -0.05) is 66.7 Å². The summed E-state index contributed by atoms with van der Waals surface area (Å²) in [5, 5.41) is 3.57. The van der Waals surface area contributed by atoms with Crippen LogP contribution in [0.2, 0.25) is 0 Å². The van der Waals surface area contributed by atoms with Gasteiger partial charge in [-0.25, -0.2) is 0 Å². The van der Waals surface area contributed by atoms with Crippen molar-refractivity contribution in [3.8, 4) is 11.1 Å². The molecule has 6 heteroatoms. The Morgan fingerprint density at radius 3 is 1.22 bits per heavy atom. The van der Waals surface area contributed by atoms with Crippen molar-refractivity contribution in [3.63, 3.8) is 0 Å². The molecule has 0 fully saturated rings. The van der Waals surface area contributed by atoms with Crippen LogP contribution in [0.3, 0.4) is 0 Å². The molecule has 6 aromatic carbocycles. The van der Waals surface area contributed by atoms with Crippen LogP contribution in [-0.2, 0) is 0 Å². The summed E-state index contributed by atoms with van der Waals surface area (Å²) in [6.07, 6.45) is 0. The van der Waals surface area contributed by atoms with Gasteiger partial charge in [0.05, 0.1) is 43.9 Å². The van der Waals surface area contributed by atoms with Gasteiger partial charge >= 0.3 is 0 Å². The molecule has 0 saturated heterocycles. The van der Waals surface area contributed by atoms with Crippen LogP contribution in [-0.4, -0.2) is 8.80 Å². The highest BCUT2D eigenvalue weighted by atomic mass is 16.1. The Morgan fingerprint density at radius 2 is 0.739 bits per heavy atom. The van der Waals surface area contributed by atoms with E-state index in [1.54, 1.807) is 48.5 Å². The molecule has 0 unspecified atom stereocenters. The van der Waals surface area contributed by atoms with Crippen molar-refractivity contribution in [2.24, 2.45) is 0 Å². The van der Waals surface area contributed by atoms with Crippen LogP contribution < -0.4 is 21.7 Å². The van der Waals surface area contributed by atoms with Crippen LogP contribution >= 0.6 is 0 Å². The number of benzene rings is 6. The molecule has 0 spiro atoms. The van der Waals surface area contributed by atoms with E-state index in [2.05, 4.69) is 0 Å². The van der Waals surface area contributed by atoms with E-state index in [0.717, 1.165) is 5.56 Å². The lowest BCUT2D eigenvalue weighted by Gasteiger charge is -2.20. The first-order valence-corrected chi connectivity index (χ1v) is 15.0. The SMILES string of the molecule is O=c1c2ccccc2n2c3cc4c(c(-c5ccccc5)c3c(=O)c3cccc1c32)c(=O)c1cccc2c(=O)c3ccccc3n4c21. The Bertz CT molecular complexity index is 3020. The molecule has 0 amide bonds. The molecule has 46 heavy (non-hydrogen) atoms. The topological polar surface area (TPSA) is 77.1 Å². The molecule has 4 heterocycles. The molecule has 0 N–H and O–H groups in total. The largest absolute Gasteiger partial charge is 0.307 e. The van der Waals surface area contributed by atoms with Crippen molar-refractivity contribution in [3.05, 3.63) is 162 Å². The number of pyridine rings is 4. The minimum absolute atomic E-state index is 0.140. The molecule has 0 aliphatic rings.